The summed E-state index contributed by atoms with van der Waals surface area (Å²) >= 11 is 0. The lowest BCUT2D eigenvalue weighted by molar-refractivity contribution is -0.163. The van der Waals surface area contributed by atoms with Crippen molar-refractivity contribution in [3.8, 4) is 0 Å². The van der Waals surface area contributed by atoms with Crippen LogP contribution >= 0.6 is 0 Å². The summed E-state index contributed by atoms with van der Waals surface area (Å²) in [5.41, 5.74) is -2.04. The minimum atomic E-state index is -1.28. The van der Waals surface area contributed by atoms with E-state index in [2.05, 4.69) is 5.32 Å². The van der Waals surface area contributed by atoms with Crippen molar-refractivity contribution < 1.29 is 38.0 Å². The van der Waals surface area contributed by atoms with Crippen molar-refractivity contribution in [2.24, 2.45) is 5.92 Å². The smallest absolute Gasteiger partial charge is 0.457 e. The van der Waals surface area contributed by atoms with Gasteiger partial charge in [-0.1, -0.05) is 57.0 Å². The Morgan fingerprint density at radius 3 is 2.17 bits per heavy atom. The molecule has 2 fully saturated rings. The molecule has 3 rings (SSSR count). The molecule has 0 radical (unpaired) electrons. The summed E-state index contributed by atoms with van der Waals surface area (Å²) in [5.74, 6) is -1.34. The molecule has 1 aromatic carbocycles. The van der Waals surface area contributed by atoms with E-state index in [1.165, 1.54) is 6.92 Å². The zero-order valence-corrected chi connectivity index (χ0v) is 30.3. The monoisotopic (exact) mass is 657 g/mol. The minimum absolute atomic E-state index is 0.0652. The van der Waals surface area contributed by atoms with Crippen LogP contribution in [-0.4, -0.2) is 88.8 Å². The second kappa shape index (κ2) is 15.0. The predicted octanol–water partition coefficient (Wildman–Crippen LogP) is 5.36. The third-order valence-electron chi connectivity index (χ3n) is 9.54. The summed E-state index contributed by atoms with van der Waals surface area (Å²) in [5, 5.41) is 2.72. The number of unbranched alkanes of at least 4 members (excludes halogenated alkanes) is 1. The summed E-state index contributed by atoms with van der Waals surface area (Å²) in [6, 6.07) is 8.04. The predicted molar refractivity (Wildman–Crippen MR) is 180 cm³/mol. The number of nitrogens with one attached hydrogen (secondary N) is 1. The van der Waals surface area contributed by atoms with Crippen LogP contribution in [0, 0.1) is 5.92 Å². The first-order valence-electron chi connectivity index (χ1n) is 16.8. The average molecular weight is 658 g/mol. The maximum atomic E-state index is 14.1. The number of carbonyl (C=O) groups excluding carboxylic acids is 4. The number of rotatable bonds is 12. The fraction of sp³-hybridized carbons (Fsp3) is 0.714. The highest BCUT2D eigenvalue weighted by Crippen LogP contribution is 2.40. The highest BCUT2D eigenvalue weighted by Gasteiger charge is 2.55. The molecule has 2 aliphatic rings. The summed E-state index contributed by atoms with van der Waals surface area (Å²) in [6.07, 6.45) is 1.81. The maximum absolute atomic E-state index is 14.1. The Balaban J connectivity index is 1.82. The molecule has 0 saturated carbocycles. The van der Waals surface area contributed by atoms with E-state index < -0.39 is 46.5 Å². The molecular weight excluding hydrogens is 601 g/mol. The second-order valence-corrected chi connectivity index (χ2v) is 15.3. The molecule has 3 amide bonds. The third-order valence-corrected chi connectivity index (χ3v) is 9.54. The molecule has 1 N–H and O–H groups in total. The molecule has 1 unspecified atom stereocenters. The Hall–Kier alpha value is -3.12. The van der Waals surface area contributed by atoms with Crippen LogP contribution < -0.4 is 5.32 Å². The number of nitrogens with zero attached hydrogens (tertiary/aromatic N) is 2. The number of benzene rings is 1. The molecule has 3 atom stereocenters. The Labute approximate surface area is 281 Å². The summed E-state index contributed by atoms with van der Waals surface area (Å²) in [6.45, 7) is 18.7. The molecule has 262 valence electrons. The van der Waals surface area contributed by atoms with Gasteiger partial charge in [-0.05, 0) is 72.7 Å². The van der Waals surface area contributed by atoms with Crippen molar-refractivity contribution in [1.29, 1.82) is 0 Å². The SMILES string of the molecule is CC(=O)N1C[C@H](N(C)C(=O)[C@@H](NC(=O)OC(C)(C)C)C(C)C)CC1(CCCCB1OC(C)(C)C(C)(C)O1)C(=O)OCc1ccccc1. The normalized spacial score (nSPS) is 22.6. The maximum Gasteiger partial charge on any atom is 0.457 e. The zero-order valence-electron chi connectivity index (χ0n) is 30.3. The lowest BCUT2D eigenvalue weighted by Gasteiger charge is -2.35. The van der Waals surface area contributed by atoms with E-state index in [-0.39, 0.29) is 44.4 Å². The van der Waals surface area contributed by atoms with E-state index in [9.17, 15) is 19.2 Å². The van der Waals surface area contributed by atoms with E-state index in [1.807, 2.05) is 71.9 Å². The van der Waals surface area contributed by atoms with Crippen LogP contribution in [0.15, 0.2) is 30.3 Å². The van der Waals surface area contributed by atoms with Crippen molar-refractivity contribution in [3.05, 3.63) is 35.9 Å². The lowest BCUT2D eigenvalue weighted by Crippen LogP contribution is -2.54. The Morgan fingerprint density at radius 1 is 1.04 bits per heavy atom. The number of amides is 3. The van der Waals surface area contributed by atoms with Gasteiger partial charge in [-0.3, -0.25) is 9.59 Å². The second-order valence-electron chi connectivity index (χ2n) is 15.3. The van der Waals surface area contributed by atoms with Crippen LogP contribution in [0.25, 0.3) is 0 Å². The van der Waals surface area contributed by atoms with Crippen LogP contribution in [-0.2, 0) is 39.8 Å². The molecule has 2 saturated heterocycles. The van der Waals surface area contributed by atoms with Gasteiger partial charge < -0.3 is 33.9 Å². The molecule has 0 bridgehead atoms. The van der Waals surface area contributed by atoms with Crippen molar-refractivity contribution in [1.82, 2.24) is 15.1 Å². The van der Waals surface area contributed by atoms with Gasteiger partial charge in [0.2, 0.25) is 11.8 Å². The number of esters is 1. The van der Waals surface area contributed by atoms with Crippen LogP contribution in [0.5, 0.6) is 0 Å². The highest BCUT2D eigenvalue weighted by molar-refractivity contribution is 6.45. The van der Waals surface area contributed by atoms with Gasteiger partial charge in [0.15, 0.2) is 0 Å². The lowest BCUT2D eigenvalue weighted by atomic mass is 9.80. The van der Waals surface area contributed by atoms with E-state index in [1.54, 1.807) is 37.6 Å². The number of likely N-dealkylation sites (tertiary alicyclic amines) is 1. The third kappa shape index (κ3) is 9.50. The van der Waals surface area contributed by atoms with Gasteiger partial charge in [0.25, 0.3) is 0 Å². The number of alkyl carbamates (subject to hydrolysis) is 1. The quantitative estimate of drug-likeness (QED) is 0.181. The fourth-order valence-corrected chi connectivity index (χ4v) is 6.19. The van der Waals surface area contributed by atoms with Crippen molar-refractivity contribution in [2.45, 2.75) is 142 Å². The van der Waals surface area contributed by atoms with Gasteiger partial charge in [-0.15, -0.1) is 0 Å². The summed E-state index contributed by atoms with van der Waals surface area (Å²) in [4.78, 5) is 56.9. The largest absolute Gasteiger partial charge is 0.459 e. The van der Waals surface area contributed by atoms with Gasteiger partial charge >= 0.3 is 19.2 Å². The van der Waals surface area contributed by atoms with Crippen molar-refractivity contribution in [2.75, 3.05) is 13.6 Å². The number of likely N-dealkylation sites (N-methyl/N-ethyl adjacent to an activating group) is 1. The minimum Gasteiger partial charge on any atom is -0.459 e. The van der Waals surface area contributed by atoms with E-state index >= 15 is 0 Å². The van der Waals surface area contributed by atoms with Crippen molar-refractivity contribution in [3.63, 3.8) is 0 Å². The first kappa shape index (κ1) is 38.3. The van der Waals surface area contributed by atoms with E-state index in [4.69, 9.17) is 18.8 Å². The van der Waals surface area contributed by atoms with Gasteiger partial charge in [0.1, 0.15) is 23.8 Å². The first-order chi connectivity index (χ1) is 21.7. The number of ether oxygens (including phenoxy) is 2. The van der Waals surface area contributed by atoms with E-state index in [0.29, 0.717) is 25.6 Å². The van der Waals surface area contributed by atoms with Crippen LogP contribution in [0.3, 0.4) is 0 Å². The molecule has 2 aliphatic heterocycles. The van der Waals surface area contributed by atoms with Gasteiger partial charge in [-0.25, -0.2) is 9.59 Å². The first-order valence-corrected chi connectivity index (χ1v) is 16.8. The molecule has 0 aromatic heterocycles. The van der Waals surface area contributed by atoms with E-state index in [0.717, 1.165) is 5.56 Å². The Morgan fingerprint density at radius 2 is 1.64 bits per heavy atom. The number of carbonyl (C=O) groups is 4. The van der Waals surface area contributed by atoms with Crippen LogP contribution in [0.1, 0.15) is 100 Å². The molecule has 1 aromatic rings. The molecule has 12 heteroatoms. The van der Waals surface area contributed by atoms with Gasteiger partial charge in [-0.2, -0.15) is 0 Å². The number of hydrogen-bond acceptors (Lipinski definition) is 8. The average Bonchev–Trinajstić information content (AvgIpc) is 3.45. The zero-order chi connectivity index (χ0) is 35.4. The molecule has 0 aliphatic carbocycles. The van der Waals surface area contributed by atoms with Gasteiger partial charge in [0.05, 0.1) is 17.2 Å². The standard InChI is InChI=1S/C35H56BN3O8/c1-24(2)28(37-31(43)45-32(4,5)6)29(41)38(11)27-21-35(39(22-27)25(3)40,30(42)44-23-26-17-13-12-14-18-26)19-15-16-20-36-46-33(7,8)34(9,10)47-36/h12-14,17-18,24,27-28H,15-16,19-23H2,1-11H3,(H,37,43)/t27-,28+,35?/m1/s1. The topological polar surface area (TPSA) is 124 Å². The highest BCUT2D eigenvalue weighted by atomic mass is 16.7. The summed E-state index contributed by atoms with van der Waals surface area (Å²) < 4.78 is 23.6. The molecular formula is C35H56BN3O8. The van der Waals surface area contributed by atoms with Crippen LogP contribution in [0.4, 0.5) is 4.79 Å². The Bertz CT molecular complexity index is 1250. The van der Waals surface area contributed by atoms with Crippen LogP contribution in [0.2, 0.25) is 6.32 Å². The Kier molecular flexibility index (Phi) is 12.2. The van der Waals surface area contributed by atoms with Crippen molar-refractivity contribution >= 4 is 31.0 Å². The molecule has 2 heterocycles. The fourth-order valence-electron chi connectivity index (χ4n) is 6.19. The molecule has 0 spiro atoms. The molecule has 47 heavy (non-hydrogen) atoms. The number of hydrogen-bond donors (Lipinski definition) is 1. The molecule has 11 nitrogen and oxygen atoms in total. The van der Waals surface area contributed by atoms with Gasteiger partial charge in [0, 0.05) is 26.9 Å². The summed E-state index contributed by atoms with van der Waals surface area (Å²) in [7, 11) is 1.29.